The molecule has 114 valence electrons. The highest BCUT2D eigenvalue weighted by molar-refractivity contribution is 7.12. The van der Waals surface area contributed by atoms with Gasteiger partial charge in [0.25, 0.3) is 0 Å². The maximum atomic E-state index is 4.37. The van der Waals surface area contributed by atoms with E-state index in [2.05, 4.69) is 58.8 Å². The normalized spacial score (nSPS) is 11.7. The molecule has 2 heterocycles. The van der Waals surface area contributed by atoms with Crippen molar-refractivity contribution in [3.8, 4) is 0 Å². The maximum absolute atomic E-state index is 4.37. The summed E-state index contributed by atoms with van der Waals surface area (Å²) in [5.41, 5.74) is 0. The van der Waals surface area contributed by atoms with Gasteiger partial charge in [0.05, 0.1) is 6.54 Å². The van der Waals surface area contributed by atoms with E-state index in [9.17, 15) is 0 Å². The Hall–Kier alpha value is -1.33. The number of nitrogens with one attached hydrogen (secondary N) is 1. The van der Waals surface area contributed by atoms with Gasteiger partial charge in [-0.2, -0.15) is 0 Å². The molecule has 0 fully saturated rings. The maximum Gasteiger partial charge on any atom is 0.193 e. The molecule has 1 N–H and O–H groups in total. The monoisotopic (exact) mass is 321 g/mol. The van der Waals surface area contributed by atoms with Gasteiger partial charge in [-0.3, -0.25) is 4.99 Å². The third-order valence-corrected chi connectivity index (χ3v) is 5.50. The number of aliphatic imine (C=N–C) groups is 1. The summed E-state index contributed by atoms with van der Waals surface area (Å²) in [4.78, 5) is 10.8. The molecule has 2 aromatic rings. The summed E-state index contributed by atoms with van der Waals surface area (Å²) in [5, 5.41) is 5.57. The average molecular weight is 322 g/mol. The van der Waals surface area contributed by atoms with Crippen molar-refractivity contribution in [2.45, 2.75) is 26.3 Å². The van der Waals surface area contributed by atoms with Crippen molar-refractivity contribution < 1.29 is 0 Å². The topological polar surface area (TPSA) is 27.6 Å². The van der Waals surface area contributed by atoms with Gasteiger partial charge in [-0.25, -0.2) is 0 Å². The van der Waals surface area contributed by atoms with Crippen molar-refractivity contribution in [3.63, 3.8) is 0 Å². The number of rotatable bonds is 6. The Labute approximate surface area is 135 Å². The fourth-order valence-electron chi connectivity index (χ4n) is 2.10. The Balaban J connectivity index is 1.81. The Morgan fingerprint density at radius 3 is 2.67 bits per heavy atom. The third-order valence-electron chi connectivity index (χ3n) is 3.33. The zero-order chi connectivity index (χ0) is 15.1. The van der Waals surface area contributed by atoms with Crippen molar-refractivity contribution in [1.82, 2.24) is 10.2 Å². The first-order chi connectivity index (χ1) is 10.2. The minimum absolute atomic E-state index is 0.848. The van der Waals surface area contributed by atoms with E-state index >= 15 is 0 Å². The standard InChI is InChI=1S/C16H23N3S2/c1-4-13-7-8-15(21-13)12-18-16(17-2)19(3)10-9-14-6-5-11-20-14/h5-8,11H,4,9-10,12H2,1-3H3,(H,17,18). The van der Waals surface area contributed by atoms with E-state index in [1.165, 1.54) is 14.6 Å². The molecule has 5 heteroatoms. The quantitative estimate of drug-likeness (QED) is 0.650. The number of likely N-dealkylation sites (N-methyl/N-ethyl adjacent to an activating group) is 1. The summed E-state index contributed by atoms with van der Waals surface area (Å²) in [5.74, 6) is 0.956. The first-order valence-corrected chi connectivity index (χ1v) is 8.94. The largest absolute Gasteiger partial charge is 0.351 e. The van der Waals surface area contributed by atoms with E-state index in [4.69, 9.17) is 0 Å². The van der Waals surface area contributed by atoms with Crippen LogP contribution < -0.4 is 5.32 Å². The number of nitrogens with zero attached hydrogens (tertiary/aromatic N) is 2. The lowest BCUT2D eigenvalue weighted by Gasteiger charge is -2.21. The number of thiophene rings is 2. The molecule has 0 saturated heterocycles. The van der Waals surface area contributed by atoms with Crippen molar-refractivity contribution in [2.75, 3.05) is 20.6 Å². The molecular formula is C16H23N3S2. The number of guanidine groups is 1. The van der Waals surface area contributed by atoms with Crippen LogP contribution in [0.1, 0.15) is 21.6 Å². The molecule has 0 bridgehead atoms. The van der Waals surface area contributed by atoms with Crippen LogP contribution in [0.4, 0.5) is 0 Å². The minimum Gasteiger partial charge on any atom is -0.351 e. The van der Waals surface area contributed by atoms with Crippen LogP contribution in [0, 0.1) is 0 Å². The first kappa shape index (κ1) is 16.0. The molecular weight excluding hydrogens is 298 g/mol. The molecule has 2 rings (SSSR count). The fourth-order valence-corrected chi connectivity index (χ4v) is 3.69. The lowest BCUT2D eigenvalue weighted by atomic mass is 10.3. The SMILES string of the molecule is CCc1ccc(CNC(=NC)N(C)CCc2cccs2)s1. The van der Waals surface area contributed by atoms with Gasteiger partial charge in [-0.1, -0.05) is 13.0 Å². The Morgan fingerprint density at radius 1 is 1.24 bits per heavy atom. The van der Waals surface area contributed by atoms with Gasteiger partial charge in [-0.05, 0) is 36.4 Å². The van der Waals surface area contributed by atoms with E-state index in [1.807, 2.05) is 29.7 Å². The molecule has 0 spiro atoms. The molecule has 3 nitrogen and oxygen atoms in total. The highest BCUT2D eigenvalue weighted by atomic mass is 32.1. The molecule has 21 heavy (non-hydrogen) atoms. The first-order valence-electron chi connectivity index (χ1n) is 7.24. The summed E-state index contributed by atoms with van der Waals surface area (Å²) in [6.07, 6.45) is 2.17. The van der Waals surface area contributed by atoms with E-state index in [1.54, 1.807) is 0 Å². The molecule has 0 unspecified atom stereocenters. The van der Waals surface area contributed by atoms with Crippen LogP contribution in [0.2, 0.25) is 0 Å². The highest BCUT2D eigenvalue weighted by Crippen LogP contribution is 2.16. The van der Waals surface area contributed by atoms with Gasteiger partial charge < -0.3 is 10.2 Å². The molecule has 0 radical (unpaired) electrons. The second-order valence-corrected chi connectivity index (χ2v) is 7.16. The number of aryl methyl sites for hydroxylation is 1. The molecule has 0 aliphatic rings. The zero-order valence-electron chi connectivity index (χ0n) is 12.9. The number of hydrogen-bond donors (Lipinski definition) is 1. The van der Waals surface area contributed by atoms with Gasteiger partial charge >= 0.3 is 0 Å². The van der Waals surface area contributed by atoms with Gasteiger partial charge in [0.15, 0.2) is 5.96 Å². The van der Waals surface area contributed by atoms with Crippen LogP contribution in [0.15, 0.2) is 34.6 Å². The second-order valence-electron chi connectivity index (χ2n) is 4.87. The smallest absolute Gasteiger partial charge is 0.193 e. The lowest BCUT2D eigenvalue weighted by Crippen LogP contribution is -2.39. The van der Waals surface area contributed by atoms with E-state index in [-0.39, 0.29) is 0 Å². The zero-order valence-corrected chi connectivity index (χ0v) is 14.6. The van der Waals surface area contributed by atoms with Crippen molar-refractivity contribution in [2.24, 2.45) is 4.99 Å². The van der Waals surface area contributed by atoms with Crippen LogP contribution in [0.3, 0.4) is 0 Å². The van der Waals surface area contributed by atoms with Crippen LogP contribution in [-0.2, 0) is 19.4 Å². The molecule has 0 aliphatic heterocycles. The lowest BCUT2D eigenvalue weighted by molar-refractivity contribution is 0.487. The number of hydrogen-bond acceptors (Lipinski definition) is 3. The summed E-state index contributed by atoms with van der Waals surface area (Å²) >= 11 is 3.69. The molecule has 0 aromatic carbocycles. The van der Waals surface area contributed by atoms with Crippen molar-refractivity contribution in [3.05, 3.63) is 44.3 Å². The van der Waals surface area contributed by atoms with E-state index in [0.29, 0.717) is 0 Å². The van der Waals surface area contributed by atoms with Gasteiger partial charge in [0.1, 0.15) is 0 Å². The Kier molecular flexibility index (Phi) is 6.26. The van der Waals surface area contributed by atoms with Gasteiger partial charge in [0, 0.05) is 35.3 Å². The minimum atomic E-state index is 0.848. The van der Waals surface area contributed by atoms with Crippen LogP contribution in [-0.4, -0.2) is 31.5 Å². The summed E-state index contributed by atoms with van der Waals surface area (Å²) < 4.78 is 0. The summed E-state index contributed by atoms with van der Waals surface area (Å²) in [7, 11) is 3.94. The van der Waals surface area contributed by atoms with Crippen molar-refractivity contribution >= 4 is 28.6 Å². The molecule has 0 aliphatic carbocycles. The highest BCUT2D eigenvalue weighted by Gasteiger charge is 2.07. The predicted octanol–water partition coefficient (Wildman–Crippen LogP) is 3.62. The Morgan fingerprint density at radius 2 is 2.05 bits per heavy atom. The van der Waals surface area contributed by atoms with Crippen LogP contribution >= 0.6 is 22.7 Å². The van der Waals surface area contributed by atoms with Gasteiger partial charge in [0.2, 0.25) is 0 Å². The fraction of sp³-hybridized carbons (Fsp3) is 0.438. The molecule has 0 atom stereocenters. The molecule has 0 saturated carbocycles. The average Bonchev–Trinajstić information content (AvgIpc) is 3.17. The van der Waals surface area contributed by atoms with Crippen LogP contribution in [0.25, 0.3) is 0 Å². The van der Waals surface area contributed by atoms with Crippen LogP contribution in [0.5, 0.6) is 0 Å². The third kappa shape index (κ3) is 4.86. The molecule has 0 amide bonds. The van der Waals surface area contributed by atoms with E-state index in [0.717, 1.165) is 31.9 Å². The summed E-state index contributed by atoms with van der Waals surface area (Å²) in [6, 6.07) is 8.71. The van der Waals surface area contributed by atoms with E-state index < -0.39 is 0 Å². The predicted molar refractivity (Wildman–Crippen MR) is 94.5 cm³/mol. The Bertz CT molecular complexity index is 558. The second kappa shape index (κ2) is 8.20. The summed E-state index contributed by atoms with van der Waals surface area (Å²) in [6.45, 7) is 4.02. The van der Waals surface area contributed by atoms with Gasteiger partial charge in [-0.15, -0.1) is 22.7 Å². The molecule has 2 aromatic heterocycles. The van der Waals surface area contributed by atoms with Crippen molar-refractivity contribution in [1.29, 1.82) is 0 Å².